The lowest BCUT2D eigenvalue weighted by molar-refractivity contribution is 0.664. The summed E-state index contributed by atoms with van der Waals surface area (Å²) in [5.74, 6) is 2.28. The fraction of sp³-hybridized carbons (Fsp3) is 0.0667. The molecule has 0 radical (unpaired) electrons. The Bertz CT molecular complexity index is 10300. The Kier molecular flexibility index (Phi) is 19.6. The zero-order valence-corrected chi connectivity index (χ0v) is 86.6. The maximum absolute atomic E-state index is 6.69. The number of aromatic nitrogens is 10. The number of para-hydroxylation sites is 7. The molecule has 0 spiro atoms. The minimum absolute atomic E-state index is 0.144. The highest BCUT2D eigenvalue weighted by Crippen LogP contribution is 2.55. The summed E-state index contributed by atoms with van der Waals surface area (Å²) in [4.78, 5) is 32.3. The van der Waals surface area contributed by atoms with Crippen LogP contribution in [-0.4, -0.2) is 72.4 Å². The second-order valence-corrected chi connectivity index (χ2v) is 55.0. The number of fused-ring (bicyclic) bond motifs is 30. The molecule has 31 rings (SSSR count). The van der Waals surface area contributed by atoms with Gasteiger partial charge in [-0.1, -0.05) is 423 Å². The van der Waals surface area contributed by atoms with Crippen molar-refractivity contribution in [3.05, 3.63) is 460 Å². The fourth-order valence-electron chi connectivity index (χ4n) is 25.7. The van der Waals surface area contributed by atoms with Crippen molar-refractivity contribution in [2.24, 2.45) is 0 Å². The van der Waals surface area contributed by atoms with Crippen LogP contribution >= 0.6 is 0 Å². The molecule has 4 aliphatic rings. The molecule has 11 nitrogen and oxygen atoms in total. The fourth-order valence-corrected chi connectivity index (χ4v) is 35.4. The van der Waals surface area contributed by atoms with Crippen molar-refractivity contribution in [2.45, 2.75) is 58.5 Å². The van der Waals surface area contributed by atoms with Gasteiger partial charge in [0.25, 0.3) is 0 Å². The van der Waals surface area contributed by atoms with E-state index in [0.717, 1.165) is 141 Å². The summed E-state index contributed by atoms with van der Waals surface area (Å²) in [6.07, 6.45) is 0. The van der Waals surface area contributed by atoms with E-state index in [0.29, 0.717) is 0 Å². The molecule has 0 saturated carbocycles. The predicted molar refractivity (Wildman–Crippen MR) is 627 cm³/mol. The van der Waals surface area contributed by atoms with Crippen LogP contribution in [0.2, 0.25) is 39.3 Å². The van der Waals surface area contributed by atoms with Crippen molar-refractivity contribution >= 4 is 165 Å². The van der Waals surface area contributed by atoms with Gasteiger partial charge in [0.1, 0.15) is 29.8 Å². The second kappa shape index (κ2) is 33.3. The van der Waals surface area contributed by atoms with Crippen LogP contribution in [0.1, 0.15) is 25.0 Å². The molecule has 3 aliphatic heterocycles. The molecule has 706 valence electrons. The van der Waals surface area contributed by atoms with Gasteiger partial charge in [-0.25, -0.2) is 29.9 Å². The lowest BCUT2D eigenvalue weighted by atomic mass is 9.81. The molecule has 0 amide bonds. The van der Waals surface area contributed by atoms with Crippen molar-refractivity contribution in [2.75, 3.05) is 0 Å². The van der Waals surface area contributed by atoms with E-state index in [4.69, 9.17) is 34.3 Å². The summed E-state index contributed by atoms with van der Waals surface area (Å²) in [6, 6.07) is 162. The van der Waals surface area contributed by atoms with E-state index >= 15 is 0 Å². The third kappa shape index (κ3) is 13.1. The maximum atomic E-state index is 6.69. The van der Waals surface area contributed by atoms with Crippen molar-refractivity contribution in [3.8, 4) is 136 Å². The number of nitrogens with zero attached hydrogens (tertiary/aromatic N) is 10. The first-order valence-electron chi connectivity index (χ1n) is 51.6. The van der Waals surface area contributed by atoms with Crippen LogP contribution in [0.25, 0.3) is 245 Å². The lowest BCUT2D eigenvalue weighted by Gasteiger charge is -2.24. The minimum atomic E-state index is -2.17. The van der Waals surface area contributed by atoms with Gasteiger partial charge in [-0.3, -0.25) is 0 Å². The van der Waals surface area contributed by atoms with Gasteiger partial charge in [0.15, 0.2) is 23.1 Å². The van der Waals surface area contributed by atoms with E-state index in [2.05, 4.69) is 502 Å². The average Bonchev–Trinajstić information content (AvgIpc) is 1.55. The van der Waals surface area contributed by atoms with Crippen molar-refractivity contribution in [1.29, 1.82) is 0 Å². The van der Waals surface area contributed by atoms with Crippen LogP contribution < -0.4 is 31.1 Å². The highest BCUT2D eigenvalue weighted by molar-refractivity contribution is 7.05. The van der Waals surface area contributed by atoms with E-state index in [-0.39, 0.29) is 5.41 Å². The highest BCUT2D eigenvalue weighted by Gasteiger charge is 2.47. The van der Waals surface area contributed by atoms with Gasteiger partial charge in [-0.15, -0.1) is 0 Å². The van der Waals surface area contributed by atoms with Crippen LogP contribution in [0.5, 0.6) is 0 Å². The summed E-state index contributed by atoms with van der Waals surface area (Å²) in [6.45, 7) is 19.4. The van der Waals surface area contributed by atoms with Crippen LogP contribution in [0.3, 0.4) is 0 Å². The molecular formula is C135H98N10OSi3. The van der Waals surface area contributed by atoms with Crippen LogP contribution in [-0.2, 0) is 5.41 Å². The first-order valence-corrected chi connectivity index (χ1v) is 60.6. The molecule has 8 aromatic heterocycles. The van der Waals surface area contributed by atoms with E-state index in [9.17, 15) is 0 Å². The van der Waals surface area contributed by atoms with E-state index in [1.165, 1.54) is 146 Å². The Balaban J connectivity index is 0.000000105. The summed E-state index contributed by atoms with van der Waals surface area (Å²) < 4.78 is 16.5. The summed E-state index contributed by atoms with van der Waals surface area (Å²) in [5, 5.41) is 20.3. The molecule has 0 N–H and O–H groups in total. The Morgan fingerprint density at radius 2 is 0.537 bits per heavy atom. The monoisotopic (exact) mass is 1960 g/mol. The normalized spacial score (nSPS) is 13.9. The van der Waals surface area contributed by atoms with Gasteiger partial charge >= 0.3 is 0 Å². The second-order valence-electron chi connectivity index (χ2n) is 42.2. The number of benzene rings is 19. The SMILES string of the molecule is CC1(C)c2ccccc2-c2ccc3c4ccccc4n(-c4cccc(-c5nc(-c6ccccc6)nc6c5[Si](C)(C)c5ccccc5-6)c4)c3c21.C[Si]1(C)c2ccccc2-c2nc(-c3ccccc3)nc(-c3cccc(-n4c5ccccc5c5ccc6c7ccccc7n(-c7ccccc7)c6c54)c3)c21.C[Si]1(C)c2ccccc2-c2nc(-c3ccccc3)nc(-c3ccccc3-n3c4ccccc4c4ccc5c6ccccc6oc5c43)c21. The molecule has 0 bridgehead atoms. The molecule has 11 heterocycles. The molecule has 1 aliphatic carbocycles. The molecule has 0 saturated heterocycles. The third-order valence-corrected chi connectivity index (χ3v) is 43.0. The van der Waals surface area contributed by atoms with Crippen molar-refractivity contribution < 1.29 is 4.42 Å². The Morgan fingerprint density at radius 1 is 0.221 bits per heavy atom. The highest BCUT2D eigenvalue weighted by atomic mass is 28.3. The molecule has 0 atom stereocenters. The Morgan fingerprint density at radius 3 is 1.01 bits per heavy atom. The number of furan rings is 1. The zero-order chi connectivity index (χ0) is 99.6. The molecular weight excluding hydrogens is 1860 g/mol. The van der Waals surface area contributed by atoms with Crippen LogP contribution in [0, 0.1) is 0 Å². The van der Waals surface area contributed by atoms with Crippen molar-refractivity contribution in [3.63, 3.8) is 0 Å². The molecule has 0 unspecified atom stereocenters. The summed E-state index contributed by atoms with van der Waals surface area (Å²) >= 11 is 0. The minimum Gasteiger partial charge on any atom is -0.454 e. The topological polar surface area (TPSA) is 110 Å². The van der Waals surface area contributed by atoms with Gasteiger partial charge in [-0.2, -0.15) is 0 Å². The Hall–Kier alpha value is -17.9. The van der Waals surface area contributed by atoms with Gasteiger partial charge in [-0.05, 0) is 149 Å². The van der Waals surface area contributed by atoms with E-state index < -0.39 is 24.2 Å². The largest absolute Gasteiger partial charge is 0.454 e. The molecule has 27 aromatic rings. The van der Waals surface area contributed by atoms with Gasteiger partial charge in [0.05, 0.1) is 84.0 Å². The zero-order valence-electron chi connectivity index (χ0n) is 83.6. The quantitative estimate of drug-likeness (QED) is 0.125. The summed E-state index contributed by atoms with van der Waals surface area (Å²) in [5.41, 5.74) is 37.5. The smallest absolute Gasteiger partial charge is 0.160 e. The average molecular weight is 1960 g/mol. The third-order valence-electron chi connectivity index (χ3n) is 32.4. The summed E-state index contributed by atoms with van der Waals surface area (Å²) in [7, 11) is -6.41. The maximum Gasteiger partial charge on any atom is 0.160 e. The van der Waals surface area contributed by atoms with Crippen molar-refractivity contribution in [1.82, 2.24) is 48.2 Å². The molecule has 19 aromatic carbocycles. The number of rotatable bonds is 10. The molecule has 0 fully saturated rings. The van der Waals surface area contributed by atoms with Gasteiger partial charge < -0.3 is 22.7 Å². The first-order chi connectivity index (χ1) is 73.0. The lowest BCUT2D eigenvalue weighted by Crippen LogP contribution is -2.50. The van der Waals surface area contributed by atoms with E-state index in [1.807, 2.05) is 18.2 Å². The first kappa shape index (κ1) is 87.6. The molecule has 14 heteroatoms. The van der Waals surface area contributed by atoms with Crippen LogP contribution in [0.4, 0.5) is 0 Å². The predicted octanol–water partition coefficient (Wildman–Crippen LogP) is 30.4. The number of hydrogen-bond donors (Lipinski definition) is 0. The Labute approximate surface area is 864 Å². The van der Waals surface area contributed by atoms with Gasteiger partial charge in [0.2, 0.25) is 0 Å². The molecule has 149 heavy (non-hydrogen) atoms. The van der Waals surface area contributed by atoms with Gasteiger partial charge in [0, 0.05) is 110 Å². The number of hydrogen-bond acceptors (Lipinski definition) is 7. The van der Waals surface area contributed by atoms with Crippen LogP contribution in [0.15, 0.2) is 453 Å². The van der Waals surface area contributed by atoms with E-state index in [1.54, 1.807) is 0 Å². The standard InChI is InChI=1S/C48H34N4Si.C45H35N3Si.C42H29N3OSi/c1-53(2)42-27-14-11-24-39(42)44-47(53)43(49-48(50-44)31-16-5-3-6-17-31)32-18-15-21-34(30-32)52-41-26-13-10-23-36(41)38-29-28-37-35-22-9-12-25-40(35)51(45(37)46(38)52)33-19-7-4-8-20-33;1-45(2)36-22-11-8-19-31(36)33-25-26-34-32-20-9-12-23-37(32)48(42(34)39(33)45)30-18-14-17-29(27-30)40-43-41(35-21-10-13-24-38(35)49(43,3)4)47-44(46-40)28-15-6-5-7-16-28;1-47(2)36-23-13-9-19-32(36)38-41(47)37(43-42(44-38)26-14-4-3-5-15-26)31-18-7-11-21-34(31)45-33-20-10-6-16-27(33)29-24-25-30-28-17-8-12-22-35(28)46-40(30)39(29)45/h3-30H,1-2H3;5-27H,1-4H3;3-25H,1-2H3.